The predicted octanol–water partition coefficient (Wildman–Crippen LogP) is 3.87. The molecule has 1 atom stereocenters. The van der Waals surface area contributed by atoms with Crippen LogP contribution in [0.1, 0.15) is 60.2 Å². The van der Waals surface area contributed by atoms with Gasteiger partial charge < -0.3 is 24.8 Å². The van der Waals surface area contributed by atoms with Crippen molar-refractivity contribution in [3.63, 3.8) is 0 Å². The molecule has 2 aromatic rings. The van der Waals surface area contributed by atoms with Crippen LogP contribution in [0.5, 0.6) is 0 Å². The van der Waals surface area contributed by atoms with Gasteiger partial charge in [0.25, 0.3) is 5.91 Å². The number of piperidine rings is 1. The maximum absolute atomic E-state index is 12.8. The normalized spacial score (nSPS) is 15.9. The van der Waals surface area contributed by atoms with Crippen LogP contribution >= 0.6 is 0 Å². The number of morpholine rings is 1. The van der Waals surface area contributed by atoms with Crippen molar-refractivity contribution in [1.29, 1.82) is 0 Å². The van der Waals surface area contributed by atoms with Gasteiger partial charge in [-0.3, -0.25) is 9.69 Å². The molecule has 2 fully saturated rings. The molecule has 2 aromatic carbocycles. The van der Waals surface area contributed by atoms with E-state index in [0.717, 1.165) is 69.9 Å². The van der Waals surface area contributed by atoms with E-state index in [0.29, 0.717) is 5.56 Å². The van der Waals surface area contributed by atoms with Crippen LogP contribution in [0.3, 0.4) is 0 Å². The minimum absolute atomic E-state index is 0.0676. The molecule has 2 aliphatic rings. The molecule has 1 amide bonds. The molecular weight excluding hydrogens is 518 g/mol. The van der Waals surface area contributed by atoms with Crippen molar-refractivity contribution in [3.8, 4) is 11.8 Å². The summed E-state index contributed by atoms with van der Waals surface area (Å²) < 4.78 is 14.6. The number of benzene rings is 2. The van der Waals surface area contributed by atoms with E-state index in [1.54, 1.807) is 26.4 Å². The van der Waals surface area contributed by atoms with E-state index in [4.69, 9.17) is 9.47 Å². The molecule has 2 saturated heterocycles. The van der Waals surface area contributed by atoms with E-state index in [-0.39, 0.29) is 11.8 Å². The number of ether oxygens (including phenoxy) is 3. The van der Waals surface area contributed by atoms with Crippen LogP contribution in [0.25, 0.3) is 0 Å². The number of methoxy groups -OCH3 is 2. The molecule has 4 rings (SSSR count). The summed E-state index contributed by atoms with van der Waals surface area (Å²) in [4.78, 5) is 27.5. The lowest BCUT2D eigenvalue weighted by molar-refractivity contribution is -0.144. The SMILES string of the molecule is CCC.COC.COC(=O)C(NC(=O)c1ccc(C#Cc2ccc(CN3CCOCC3)cc2)cc1)C1CCNCC1. The fourth-order valence-electron chi connectivity index (χ4n) is 4.46. The van der Waals surface area contributed by atoms with Crippen molar-refractivity contribution in [2.45, 2.75) is 45.7 Å². The number of carbonyl (C=O) groups excluding carboxylic acids is 2. The van der Waals surface area contributed by atoms with Crippen LogP contribution in [0.4, 0.5) is 0 Å². The molecule has 0 aliphatic carbocycles. The molecule has 2 N–H and O–H groups in total. The van der Waals surface area contributed by atoms with Gasteiger partial charge in [0.05, 0.1) is 20.3 Å². The van der Waals surface area contributed by atoms with E-state index < -0.39 is 12.0 Å². The second-order valence-electron chi connectivity index (χ2n) is 10.1. The van der Waals surface area contributed by atoms with E-state index in [2.05, 4.69) is 58.1 Å². The first-order chi connectivity index (χ1) is 19.9. The van der Waals surface area contributed by atoms with Gasteiger partial charge >= 0.3 is 5.97 Å². The fourth-order valence-corrected chi connectivity index (χ4v) is 4.46. The van der Waals surface area contributed by atoms with Crippen LogP contribution in [-0.4, -0.2) is 83.5 Å². The molecule has 2 heterocycles. The van der Waals surface area contributed by atoms with Gasteiger partial charge in [0.15, 0.2) is 0 Å². The van der Waals surface area contributed by atoms with Crippen LogP contribution in [0.15, 0.2) is 48.5 Å². The third kappa shape index (κ3) is 12.4. The number of esters is 1. The molecule has 0 aromatic heterocycles. The Morgan fingerprint density at radius 1 is 0.951 bits per heavy atom. The average molecular weight is 566 g/mol. The van der Waals surface area contributed by atoms with Gasteiger partial charge in [0.1, 0.15) is 6.04 Å². The summed E-state index contributed by atoms with van der Waals surface area (Å²) in [6.07, 6.45) is 2.89. The molecule has 0 spiro atoms. The van der Waals surface area contributed by atoms with Crippen molar-refractivity contribution in [2.75, 3.05) is 60.7 Å². The van der Waals surface area contributed by atoms with E-state index in [1.807, 2.05) is 24.3 Å². The lowest BCUT2D eigenvalue weighted by atomic mass is 9.90. The predicted molar refractivity (Wildman–Crippen MR) is 163 cm³/mol. The smallest absolute Gasteiger partial charge is 0.328 e. The number of hydrogen-bond donors (Lipinski definition) is 2. The zero-order chi connectivity index (χ0) is 29.9. The van der Waals surface area contributed by atoms with Crippen molar-refractivity contribution in [3.05, 3.63) is 70.8 Å². The quantitative estimate of drug-likeness (QED) is 0.406. The number of amides is 1. The lowest BCUT2D eigenvalue weighted by Crippen LogP contribution is -2.49. The van der Waals surface area contributed by atoms with Crippen LogP contribution in [-0.2, 0) is 25.5 Å². The molecule has 41 heavy (non-hydrogen) atoms. The van der Waals surface area contributed by atoms with Crippen LogP contribution in [0, 0.1) is 17.8 Å². The van der Waals surface area contributed by atoms with Crippen LogP contribution in [0.2, 0.25) is 0 Å². The van der Waals surface area contributed by atoms with E-state index >= 15 is 0 Å². The molecule has 8 heteroatoms. The first kappa shape index (κ1) is 34.0. The Labute approximate surface area is 246 Å². The summed E-state index contributed by atoms with van der Waals surface area (Å²) in [5, 5.41) is 6.15. The molecule has 2 aliphatic heterocycles. The zero-order valence-electron chi connectivity index (χ0n) is 25.3. The summed E-state index contributed by atoms with van der Waals surface area (Å²) in [7, 11) is 4.60. The van der Waals surface area contributed by atoms with Gasteiger partial charge in [0, 0.05) is 50.5 Å². The average Bonchev–Trinajstić information content (AvgIpc) is 3.01. The van der Waals surface area contributed by atoms with Gasteiger partial charge in [0.2, 0.25) is 0 Å². The van der Waals surface area contributed by atoms with Gasteiger partial charge in [-0.05, 0) is 73.8 Å². The lowest BCUT2D eigenvalue weighted by Gasteiger charge is -2.29. The summed E-state index contributed by atoms with van der Waals surface area (Å²) in [5.74, 6) is 5.73. The Balaban J connectivity index is 0.000000901. The maximum atomic E-state index is 12.8. The fraction of sp³-hybridized carbons (Fsp3) is 0.515. The highest BCUT2D eigenvalue weighted by atomic mass is 16.5. The molecule has 0 saturated carbocycles. The van der Waals surface area contributed by atoms with Gasteiger partial charge in [-0.15, -0.1) is 0 Å². The summed E-state index contributed by atoms with van der Waals surface area (Å²) in [6.45, 7) is 10.4. The zero-order valence-corrected chi connectivity index (χ0v) is 25.3. The van der Waals surface area contributed by atoms with Crippen molar-refractivity contribution in [1.82, 2.24) is 15.5 Å². The molecule has 0 radical (unpaired) electrons. The number of carbonyl (C=O) groups is 2. The van der Waals surface area contributed by atoms with Crippen molar-refractivity contribution >= 4 is 11.9 Å². The Morgan fingerprint density at radius 2 is 1.46 bits per heavy atom. The molecule has 1 unspecified atom stereocenters. The number of rotatable bonds is 6. The first-order valence-corrected chi connectivity index (χ1v) is 14.5. The third-order valence-electron chi connectivity index (χ3n) is 6.56. The Hall–Kier alpha value is -3.22. The highest BCUT2D eigenvalue weighted by Gasteiger charge is 2.31. The second-order valence-corrected chi connectivity index (χ2v) is 10.1. The van der Waals surface area contributed by atoms with Crippen molar-refractivity contribution < 1.29 is 23.8 Å². The van der Waals surface area contributed by atoms with Gasteiger partial charge in [-0.25, -0.2) is 4.79 Å². The monoisotopic (exact) mass is 565 g/mol. The van der Waals surface area contributed by atoms with E-state index in [1.165, 1.54) is 19.1 Å². The topological polar surface area (TPSA) is 89.1 Å². The highest BCUT2D eigenvalue weighted by Crippen LogP contribution is 2.18. The van der Waals surface area contributed by atoms with Crippen molar-refractivity contribution in [2.24, 2.45) is 5.92 Å². The standard InChI is InChI=1S/C28H33N3O4.C3H8.C2H6O/c1-34-28(33)26(24-12-14-29-15-13-24)30-27(32)25-10-8-22(9-11-25)3-2-21-4-6-23(7-5-21)20-31-16-18-35-19-17-31;2*1-3-2/h4-11,24,26,29H,12-20H2,1H3,(H,30,32);3H2,1-2H3;1-2H3. The van der Waals surface area contributed by atoms with E-state index in [9.17, 15) is 9.59 Å². The number of nitrogens with zero attached hydrogens (tertiary/aromatic N) is 1. The first-order valence-electron chi connectivity index (χ1n) is 14.5. The Morgan fingerprint density at radius 3 is 1.98 bits per heavy atom. The Bertz CT molecular complexity index is 1080. The number of nitrogens with one attached hydrogen (secondary N) is 2. The minimum Gasteiger partial charge on any atom is -0.467 e. The third-order valence-corrected chi connectivity index (χ3v) is 6.56. The molecule has 8 nitrogen and oxygen atoms in total. The van der Waals surface area contributed by atoms with Gasteiger partial charge in [-0.1, -0.05) is 44.2 Å². The van der Waals surface area contributed by atoms with Gasteiger partial charge in [-0.2, -0.15) is 0 Å². The molecule has 224 valence electrons. The molecular formula is C33H47N3O5. The summed E-state index contributed by atoms with van der Waals surface area (Å²) >= 11 is 0. The Kier molecular flexibility index (Phi) is 16.4. The number of hydrogen-bond acceptors (Lipinski definition) is 7. The largest absolute Gasteiger partial charge is 0.467 e. The summed E-state index contributed by atoms with van der Waals surface area (Å²) in [5.41, 5.74) is 3.52. The maximum Gasteiger partial charge on any atom is 0.328 e. The summed E-state index contributed by atoms with van der Waals surface area (Å²) in [6, 6.07) is 14.8. The minimum atomic E-state index is -0.639. The second kappa shape index (κ2) is 19.8. The molecule has 0 bridgehead atoms. The highest BCUT2D eigenvalue weighted by molar-refractivity contribution is 5.97. The van der Waals surface area contributed by atoms with Crippen LogP contribution < -0.4 is 10.6 Å².